The molecule has 0 aromatic heterocycles. The van der Waals surface area contributed by atoms with Crippen LogP contribution in [0.5, 0.6) is 5.75 Å². The summed E-state index contributed by atoms with van der Waals surface area (Å²) in [6, 6.07) is 13.0. The van der Waals surface area contributed by atoms with E-state index in [0.29, 0.717) is 12.2 Å². The summed E-state index contributed by atoms with van der Waals surface area (Å²) < 4.78 is 19.3. The Kier molecular flexibility index (Phi) is 9.69. The van der Waals surface area contributed by atoms with Crippen LogP contribution in [0.15, 0.2) is 48.5 Å². The summed E-state index contributed by atoms with van der Waals surface area (Å²) in [4.78, 5) is 27.8. The standard InChI is InChI=1S/C26H35FN2O3/c1-6-19(5)28-26(31)23(7-2)29(16-20-12-14-21(27)15-13-20)25(30)17-32-24-11-9-8-10-22(24)18(3)4/h8-15,18-19,23H,6-7,16-17H2,1-5H3,(H,28,31). The number of nitrogens with one attached hydrogen (secondary N) is 1. The fraction of sp³-hybridized carbons (Fsp3) is 0.462. The average Bonchev–Trinajstić information content (AvgIpc) is 2.78. The van der Waals surface area contributed by atoms with Crippen LogP contribution in [0.2, 0.25) is 0 Å². The first-order valence-corrected chi connectivity index (χ1v) is 11.3. The summed E-state index contributed by atoms with van der Waals surface area (Å²) in [5.74, 6) is 0.0803. The van der Waals surface area contributed by atoms with Gasteiger partial charge in [-0.05, 0) is 55.0 Å². The van der Waals surface area contributed by atoms with E-state index in [1.807, 2.05) is 45.0 Å². The molecule has 5 nitrogen and oxygen atoms in total. The second kappa shape index (κ2) is 12.2. The molecule has 0 saturated carbocycles. The quantitative estimate of drug-likeness (QED) is 0.530. The van der Waals surface area contributed by atoms with Crippen LogP contribution in [-0.2, 0) is 16.1 Å². The molecule has 0 fully saturated rings. The minimum Gasteiger partial charge on any atom is -0.483 e. The molecule has 32 heavy (non-hydrogen) atoms. The number of amides is 2. The van der Waals surface area contributed by atoms with Crippen LogP contribution in [0.1, 0.15) is 64.5 Å². The fourth-order valence-corrected chi connectivity index (χ4v) is 3.46. The van der Waals surface area contributed by atoms with E-state index in [2.05, 4.69) is 19.2 Å². The van der Waals surface area contributed by atoms with E-state index in [4.69, 9.17) is 4.74 Å². The summed E-state index contributed by atoms with van der Waals surface area (Å²) in [6.45, 7) is 9.95. The van der Waals surface area contributed by atoms with E-state index >= 15 is 0 Å². The maximum atomic E-state index is 13.4. The molecule has 0 heterocycles. The van der Waals surface area contributed by atoms with E-state index < -0.39 is 6.04 Å². The van der Waals surface area contributed by atoms with Crippen molar-refractivity contribution in [2.75, 3.05) is 6.61 Å². The smallest absolute Gasteiger partial charge is 0.261 e. The molecule has 0 spiro atoms. The Morgan fingerprint density at radius 3 is 2.25 bits per heavy atom. The zero-order valence-corrected chi connectivity index (χ0v) is 19.7. The molecule has 6 heteroatoms. The van der Waals surface area contributed by atoms with Gasteiger partial charge >= 0.3 is 0 Å². The van der Waals surface area contributed by atoms with Crippen molar-refractivity contribution in [1.82, 2.24) is 10.2 Å². The lowest BCUT2D eigenvalue weighted by molar-refractivity contribution is -0.143. The highest BCUT2D eigenvalue weighted by Gasteiger charge is 2.29. The van der Waals surface area contributed by atoms with E-state index in [-0.39, 0.29) is 42.7 Å². The predicted octanol–water partition coefficient (Wildman–Crippen LogP) is 5.05. The van der Waals surface area contributed by atoms with Gasteiger partial charge in [0.15, 0.2) is 6.61 Å². The SMILES string of the molecule is CCC(C)NC(=O)C(CC)N(Cc1ccc(F)cc1)C(=O)COc1ccccc1C(C)C. The number of carbonyl (C=O) groups is 2. The maximum absolute atomic E-state index is 13.4. The molecule has 0 aliphatic carbocycles. The summed E-state index contributed by atoms with van der Waals surface area (Å²) in [5, 5.41) is 2.98. The number of benzene rings is 2. The number of ether oxygens (including phenoxy) is 1. The van der Waals surface area contributed by atoms with Crippen molar-refractivity contribution in [1.29, 1.82) is 0 Å². The highest BCUT2D eigenvalue weighted by molar-refractivity contribution is 5.88. The summed E-state index contributed by atoms with van der Waals surface area (Å²) in [5.41, 5.74) is 1.77. The Morgan fingerprint density at radius 1 is 1.00 bits per heavy atom. The number of nitrogens with zero attached hydrogens (tertiary/aromatic N) is 1. The number of hydrogen-bond donors (Lipinski definition) is 1. The van der Waals surface area contributed by atoms with Gasteiger partial charge < -0.3 is 15.0 Å². The van der Waals surface area contributed by atoms with Crippen LogP contribution in [0.3, 0.4) is 0 Å². The van der Waals surface area contributed by atoms with Crippen molar-refractivity contribution in [3.8, 4) is 5.75 Å². The molecule has 2 aromatic carbocycles. The molecule has 174 valence electrons. The Bertz CT molecular complexity index is 883. The number of halogens is 1. The molecule has 1 N–H and O–H groups in total. The summed E-state index contributed by atoms with van der Waals surface area (Å²) >= 11 is 0. The van der Waals surface area contributed by atoms with Crippen LogP contribution in [0, 0.1) is 5.82 Å². The van der Waals surface area contributed by atoms with E-state index in [9.17, 15) is 14.0 Å². The largest absolute Gasteiger partial charge is 0.483 e. The molecule has 0 radical (unpaired) electrons. The molecule has 0 bridgehead atoms. The third kappa shape index (κ3) is 7.08. The Balaban J connectivity index is 2.24. The molecule has 2 aromatic rings. The highest BCUT2D eigenvalue weighted by atomic mass is 19.1. The molecule has 0 aliphatic heterocycles. The van der Waals surface area contributed by atoms with Gasteiger partial charge in [0.25, 0.3) is 5.91 Å². The number of carbonyl (C=O) groups excluding carboxylic acids is 2. The molecular formula is C26H35FN2O3. The second-order valence-corrected chi connectivity index (χ2v) is 8.37. The van der Waals surface area contributed by atoms with E-state index in [1.54, 1.807) is 12.1 Å². The van der Waals surface area contributed by atoms with Crippen LogP contribution >= 0.6 is 0 Å². The Hall–Kier alpha value is -2.89. The van der Waals surface area contributed by atoms with Gasteiger partial charge in [-0.3, -0.25) is 9.59 Å². The van der Waals surface area contributed by atoms with Gasteiger partial charge in [0, 0.05) is 12.6 Å². The van der Waals surface area contributed by atoms with Gasteiger partial charge in [-0.2, -0.15) is 0 Å². The Morgan fingerprint density at radius 2 is 1.66 bits per heavy atom. The normalized spacial score (nSPS) is 12.8. The topological polar surface area (TPSA) is 58.6 Å². The average molecular weight is 443 g/mol. The van der Waals surface area contributed by atoms with Crippen LogP contribution in [0.4, 0.5) is 4.39 Å². The molecular weight excluding hydrogens is 407 g/mol. The molecule has 2 atom stereocenters. The lowest BCUT2D eigenvalue weighted by Crippen LogP contribution is -2.51. The third-order valence-corrected chi connectivity index (χ3v) is 5.55. The van der Waals surface area contributed by atoms with Crippen molar-refractivity contribution < 1.29 is 18.7 Å². The summed E-state index contributed by atoms with van der Waals surface area (Å²) in [6.07, 6.45) is 1.25. The monoisotopic (exact) mass is 442 g/mol. The van der Waals surface area contributed by atoms with Gasteiger partial charge in [0.05, 0.1) is 0 Å². The lowest BCUT2D eigenvalue weighted by atomic mass is 10.0. The zero-order chi connectivity index (χ0) is 23.7. The summed E-state index contributed by atoms with van der Waals surface area (Å²) in [7, 11) is 0. The minimum atomic E-state index is -0.648. The number of para-hydroxylation sites is 1. The first-order valence-electron chi connectivity index (χ1n) is 11.3. The van der Waals surface area contributed by atoms with Gasteiger partial charge in [0.1, 0.15) is 17.6 Å². The van der Waals surface area contributed by atoms with Crippen LogP contribution in [0.25, 0.3) is 0 Å². The van der Waals surface area contributed by atoms with Crippen molar-refractivity contribution >= 4 is 11.8 Å². The van der Waals surface area contributed by atoms with Gasteiger partial charge in [0.2, 0.25) is 5.91 Å². The van der Waals surface area contributed by atoms with E-state index in [1.165, 1.54) is 17.0 Å². The molecule has 2 amide bonds. The number of rotatable bonds is 11. The highest BCUT2D eigenvalue weighted by Crippen LogP contribution is 2.26. The molecule has 0 aliphatic rings. The van der Waals surface area contributed by atoms with Crippen LogP contribution < -0.4 is 10.1 Å². The van der Waals surface area contributed by atoms with Gasteiger partial charge in [-0.25, -0.2) is 4.39 Å². The molecule has 2 unspecified atom stereocenters. The second-order valence-electron chi connectivity index (χ2n) is 8.37. The predicted molar refractivity (Wildman–Crippen MR) is 125 cm³/mol. The molecule has 0 saturated heterocycles. The van der Waals surface area contributed by atoms with Crippen molar-refractivity contribution in [3.63, 3.8) is 0 Å². The maximum Gasteiger partial charge on any atom is 0.261 e. The van der Waals surface area contributed by atoms with Crippen molar-refractivity contribution in [3.05, 3.63) is 65.5 Å². The minimum absolute atomic E-state index is 0.00786. The van der Waals surface area contributed by atoms with Gasteiger partial charge in [-0.1, -0.05) is 58.0 Å². The van der Waals surface area contributed by atoms with Gasteiger partial charge in [-0.15, -0.1) is 0 Å². The fourth-order valence-electron chi connectivity index (χ4n) is 3.46. The van der Waals surface area contributed by atoms with Crippen molar-refractivity contribution in [2.45, 2.75) is 72.0 Å². The first-order chi connectivity index (χ1) is 15.3. The third-order valence-electron chi connectivity index (χ3n) is 5.55. The number of hydrogen-bond acceptors (Lipinski definition) is 3. The zero-order valence-electron chi connectivity index (χ0n) is 19.7. The Labute approximate surface area is 191 Å². The van der Waals surface area contributed by atoms with Crippen molar-refractivity contribution in [2.24, 2.45) is 0 Å². The lowest BCUT2D eigenvalue weighted by Gasteiger charge is -2.31. The van der Waals surface area contributed by atoms with E-state index in [0.717, 1.165) is 17.5 Å². The van der Waals surface area contributed by atoms with Crippen LogP contribution in [-0.4, -0.2) is 35.4 Å². The molecule has 2 rings (SSSR count). The first kappa shape index (κ1) is 25.4.